The standard InChI is InChI=1S/C17H13ClF2N2O2S/c1-25(23,24)14-8-6-13(7-9-14)22-16(10-15(21-22)17(19)20)11-2-4-12(18)5-3-11/h2-10,17H,1H3. The smallest absolute Gasteiger partial charge is 0.233 e. The second-order valence-corrected chi connectivity index (χ2v) is 7.89. The molecule has 0 fully saturated rings. The quantitative estimate of drug-likeness (QED) is 0.666. The summed E-state index contributed by atoms with van der Waals surface area (Å²) in [6, 6.07) is 13.9. The van der Waals surface area contributed by atoms with Gasteiger partial charge >= 0.3 is 0 Å². The van der Waals surface area contributed by atoms with Crippen molar-refractivity contribution in [2.45, 2.75) is 11.3 Å². The Balaban J connectivity index is 2.13. The lowest BCUT2D eigenvalue weighted by Crippen LogP contribution is -2.02. The van der Waals surface area contributed by atoms with E-state index in [-0.39, 0.29) is 10.6 Å². The molecular weight excluding hydrogens is 370 g/mol. The van der Waals surface area contributed by atoms with Gasteiger partial charge < -0.3 is 0 Å². The van der Waals surface area contributed by atoms with Crippen molar-refractivity contribution in [2.24, 2.45) is 0 Å². The number of benzene rings is 2. The molecule has 4 nitrogen and oxygen atoms in total. The van der Waals surface area contributed by atoms with Crippen molar-refractivity contribution in [2.75, 3.05) is 6.26 Å². The van der Waals surface area contributed by atoms with Gasteiger partial charge in [0.25, 0.3) is 6.43 Å². The molecule has 3 aromatic rings. The van der Waals surface area contributed by atoms with Gasteiger partial charge in [0.2, 0.25) is 0 Å². The number of hydrogen-bond acceptors (Lipinski definition) is 3. The summed E-state index contributed by atoms with van der Waals surface area (Å²) in [6.45, 7) is 0. The monoisotopic (exact) mass is 382 g/mol. The number of rotatable bonds is 4. The van der Waals surface area contributed by atoms with Crippen LogP contribution in [-0.4, -0.2) is 24.5 Å². The fourth-order valence-electron chi connectivity index (χ4n) is 2.36. The minimum atomic E-state index is -3.34. The fourth-order valence-corrected chi connectivity index (χ4v) is 3.12. The van der Waals surface area contributed by atoms with Crippen LogP contribution in [0.3, 0.4) is 0 Å². The highest BCUT2D eigenvalue weighted by Gasteiger charge is 2.18. The Hall–Kier alpha value is -2.25. The van der Waals surface area contributed by atoms with Gasteiger partial charge in [0.1, 0.15) is 5.69 Å². The molecule has 0 N–H and O–H groups in total. The Bertz CT molecular complexity index is 998. The van der Waals surface area contributed by atoms with Crippen LogP contribution in [0.5, 0.6) is 0 Å². The Morgan fingerprint density at radius 1 is 1.04 bits per heavy atom. The predicted molar refractivity (Wildman–Crippen MR) is 92.1 cm³/mol. The first-order chi connectivity index (χ1) is 11.8. The molecule has 0 saturated carbocycles. The van der Waals surface area contributed by atoms with E-state index in [1.165, 1.54) is 35.0 Å². The molecule has 0 unspecified atom stereocenters. The maximum atomic E-state index is 13.1. The van der Waals surface area contributed by atoms with Crippen molar-refractivity contribution in [3.05, 3.63) is 65.3 Å². The zero-order valence-corrected chi connectivity index (χ0v) is 14.6. The summed E-state index contributed by atoms with van der Waals surface area (Å²) in [5, 5.41) is 4.48. The Morgan fingerprint density at radius 3 is 2.16 bits per heavy atom. The van der Waals surface area contributed by atoms with Crippen LogP contribution in [0.2, 0.25) is 5.02 Å². The van der Waals surface area contributed by atoms with Crippen molar-refractivity contribution < 1.29 is 17.2 Å². The van der Waals surface area contributed by atoms with Gasteiger partial charge in [-0.15, -0.1) is 0 Å². The highest BCUT2D eigenvalue weighted by Crippen LogP contribution is 2.29. The molecule has 0 aliphatic heterocycles. The van der Waals surface area contributed by atoms with Gasteiger partial charge in [0.05, 0.1) is 16.3 Å². The molecule has 0 spiro atoms. The average molecular weight is 383 g/mol. The van der Waals surface area contributed by atoms with Crippen LogP contribution in [0.1, 0.15) is 12.1 Å². The van der Waals surface area contributed by atoms with Gasteiger partial charge in [0.15, 0.2) is 9.84 Å². The molecule has 0 aliphatic carbocycles. The lowest BCUT2D eigenvalue weighted by atomic mass is 10.1. The SMILES string of the molecule is CS(=O)(=O)c1ccc(-n2nc(C(F)F)cc2-c2ccc(Cl)cc2)cc1. The molecule has 25 heavy (non-hydrogen) atoms. The zero-order valence-electron chi connectivity index (χ0n) is 13.0. The van der Waals surface area contributed by atoms with Gasteiger partial charge in [-0.05, 0) is 42.5 Å². The number of sulfone groups is 1. The van der Waals surface area contributed by atoms with Crippen molar-refractivity contribution >= 4 is 21.4 Å². The third-order valence-electron chi connectivity index (χ3n) is 3.60. The van der Waals surface area contributed by atoms with Crippen LogP contribution in [0.4, 0.5) is 8.78 Å². The molecular formula is C17H13ClF2N2O2S. The summed E-state index contributed by atoms with van der Waals surface area (Å²) in [5.74, 6) is 0. The number of aromatic nitrogens is 2. The second-order valence-electron chi connectivity index (χ2n) is 5.44. The van der Waals surface area contributed by atoms with Gasteiger partial charge in [0, 0.05) is 16.8 Å². The lowest BCUT2D eigenvalue weighted by molar-refractivity contribution is 0.145. The molecule has 0 bridgehead atoms. The Morgan fingerprint density at radius 2 is 1.64 bits per heavy atom. The van der Waals surface area contributed by atoms with E-state index in [4.69, 9.17) is 11.6 Å². The van der Waals surface area contributed by atoms with Crippen LogP contribution < -0.4 is 0 Å². The summed E-state index contributed by atoms with van der Waals surface area (Å²) in [4.78, 5) is 0.144. The molecule has 2 aromatic carbocycles. The molecule has 1 heterocycles. The third-order valence-corrected chi connectivity index (χ3v) is 4.98. The minimum absolute atomic E-state index is 0.144. The van der Waals surface area contributed by atoms with Gasteiger partial charge in [-0.25, -0.2) is 21.9 Å². The minimum Gasteiger partial charge on any atom is -0.233 e. The Labute approximate surface area is 148 Å². The highest BCUT2D eigenvalue weighted by atomic mass is 35.5. The molecule has 0 aliphatic rings. The second kappa shape index (κ2) is 6.57. The molecule has 0 radical (unpaired) electrons. The maximum Gasteiger partial charge on any atom is 0.282 e. The normalized spacial score (nSPS) is 11.9. The van der Waals surface area contributed by atoms with E-state index in [0.717, 1.165) is 6.26 Å². The average Bonchev–Trinajstić information content (AvgIpc) is 3.00. The summed E-state index contributed by atoms with van der Waals surface area (Å²) in [7, 11) is -3.34. The van der Waals surface area contributed by atoms with Crippen LogP contribution in [0.15, 0.2) is 59.5 Å². The maximum absolute atomic E-state index is 13.1. The number of nitrogens with zero attached hydrogens (tertiary/aromatic N) is 2. The van der Waals surface area contributed by atoms with E-state index in [1.807, 2.05) is 0 Å². The summed E-state index contributed by atoms with van der Waals surface area (Å²) in [6.07, 6.45) is -1.62. The zero-order chi connectivity index (χ0) is 18.2. The largest absolute Gasteiger partial charge is 0.282 e. The topological polar surface area (TPSA) is 52.0 Å². The van der Waals surface area contributed by atoms with Gasteiger partial charge in [-0.2, -0.15) is 5.10 Å². The number of hydrogen-bond donors (Lipinski definition) is 0. The van der Waals surface area contributed by atoms with Crippen molar-refractivity contribution in [1.29, 1.82) is 0 Å². The molecule has 0 saturated heterocycles. The molecule has 130 valence electrons. The van der Waals surface area contributed by atoms with Crippen LogP contribution in [-0.2, 0) is 9.84 Å². The van der Waals surface area contributed by atoms with Gasteiger partial charge in [-0.1, -0.05) is 23.7 Å². The van der Waals surface area contributed by atoms with Crippen LogP contribution in [0.25, 0.3) is 16.9 Å². The van der Waals surface area contributed by atoms with E-state index in [9.17, 15) is 17.2 Å². The van der Waals surface area contributed by atoms with E-state index in [2.05, 4.69) is 5.10 Å². The molecule has 3 rings (SSSR count). The summed E-state index contributed by atoms with van der Waals surface area (Å²) in [5.41, 5.74) is 1.23. The summed E-state index contributed by atoms with van der Waals surface area (Å²) < 4.78 is 50.7. The van der Waals surface area contributed by atoms with E-state index in [1.54, 1.807) is 24.3 Å². The van der Waals surface area contributed by atoms with Crippen molar-refractivity contribution in [3.8, 4) is 16.9 Å². The van der Waals surface area contributed by atoms with Gasteiger partial charge in [-0.3, -0.25) is 0 Å². The molecule has 1 aromatic heterocycles. The number of alkyl halides is 2. The van der Waals surface area contributed by atoms with E-state index < -0.39 is 16.3 Å². The van der Waals surface area contributed by atoms with Crippen LogP contribution >= 0.6 is 11.6 Å². The van der Waals surface area contributed by atoms with Crippen LogP contribution in [0, 0.1) is 0 Å². The fraction of sp³-hybridized carbons (Fsp3) is 0.118. The molecule has 8 heteroatoms. The van der Waals surface area contributed by atoms with E-state index >= 15 is 0 Å². The molecule has 0 atom stereocenters. The number of halogens is 3. The Kier molecular flexibility index (Phi) is 4.62. The van der Waals surface area contributed by atoms with Crippen molar-refractivity contribution in [1.82, 2.24) is 9.78 Å². The first-order valence-electron chi connectivity index (χ1n) is 7.20. The predicted octanol–water partition coefficient (Wildman–Crippen LogP) is 4.53. The summed E-state index contributed by atoms with van der Waals surface area (Å²) >= 11 is 5.87. The lowest BCUT2D eigenvalue weighted by Gasteiger charge is -2.08. The first-order valence-corrected chi connectivity index (χ1v) is 9.47. The van der Waals surface area contributed by atoms with E-state index in [0.29, 0.717) is 22.0 Å². The highest BCUT2D eigenvalue weighted by molar-refractivity contribution is 7.90. The first kappa shape index (κ1) is 17.6. The molecule has 0 amide bonds. The third kappa shape index (κ3) is 3.72. The van der Waals surface area contributed by atoms with Crippen molar-refractivity contribution in [3.63, 3.8) is 0 Å².